The fourth-order valence-electron chi connectivity index (χ4n) is 2.36. The molecule has 4 heteroatoms. The summed E-state index contributed by atoms with van der Waals surface area (Å²) in [7, 11) is 0. The predicted octanol–water partition coefficient (Wildman–Crippen LogP) is 3.37. The van der Waals surface area contributed by atoms with Crippen LogP contribution in [0.4, 0.5) is 9.18 Å². The van der Waals surface area contributed by atoms with Gasteiger partial charge in [0.2, 0.25) is 0 Å². The molecule has 0 heterocycles. The standard InChI is InChI=1S/C15H21FN2O/c1-10(2)17-15(19)18-14(11-4-3-5-11)12-6-8-13(16)9-7-12/h6-11,14H,3-5H2,1-2H3,(H2,17,18,19). The van der Waals surface area contributed by atoms with Gasteiger partial charge >= 0.3 is 6.03 Å². The molecule has 1 unspecified atom stereocenters. The molecule has 0 aromatic heterocycles. The van der Waals surface area contributed by atoms with Gasteiger partial charge < -0.3 is 10.6 Å². The highest BCUT2D eigenvalue weighted by Crippen LogP contribution is 2.37. The van der Waals surface area contributed by atoms with Crippen LogP contribution in [-0.4, -0.2) is 12.1 Å². The molecule has 1 aliphatic rings. The molecule has 2 rings (SSSR count). The Hall–Kier alpha value is -1.58. The average Bonchev–Trinajstić information content (AvgIpc) is 2.25. The molecular formula is C15H21FN2O. The molecule has 1 aromatic carbocycles. The first kappa shape index (κ1) is 13.8. The van der Waals surface area contributed by atoms with Gasteiger partial charge in [-0.1, -0.05) is 18.6 Å². The van der Waals surface area contributed by atoms with Crippen LogP contribution in [-0.2, 0) is 0 Å². The van der Waals surface area contributed by atoms with Crippen molar-refractivity contribution in [1.29, 1.82) is 0 Å². The van der Waals surface area contributed by atoms with E-state index in [1.165, 1.54) is 18.6 Å². The Morgan fingerprint density at radius 3 is 2.32 bits per heavy atom. The number of hydrogen-bond acceptors (Lipinski definition) is 1. The van der Waals surface area contributed by atoms with Crippen LogP contribution in [0.25, 0.3) is 0 Å². The van der Waals surface area contributed by atoms with Gasteiger partial charge in [0.15, 0.2) is 0 Å². The monoisotopic (exact) mass is 264 g/mol. The van der Waals surface area contributed by atoms with E-state index >= 15 is 0 Å². The van der Waals surface area contributed by atoms with Crippen LogP contribution in [0.15, 0.2) is 24.3 Å². The first-order valence-corrected chi connectivity index (χ1v) is 6.89. The smallest absolute Gasteiger partial charge is 0.315 e. The van der Waals surface area contributed by atoms with Gasteiger partial charge in [-0.15, -0.1) is 0 Å². The van der Waals surface area contributed by atoms with Gasteiger partial charge in [0.25, 0.3) is 0 Å². The Morgan fingerprint density at radius 1 is 1.21 bits per heavy atom. The highest BCUT2D eigenvalue weighted by atomic mass is 19.1. The molecule has 19 heavy (non-hydrogen) atoms. The fourth-order valence-corrected chi connectivity index (χ4v) is 2.36. The molecule has 0 radical (unpaired) electrons. The van der Waals surface area contributed by atoms with Crippen molar-refractivity contribution in [3.05, 3.63) is 35.6 Å². The molecule has 1 saturated carbocycles. The minimum atomic E-state index is -0.247. The van der Waals surface area contributed by atoms with Gasteiger partial charge in [-0.25, -0.2) is 9.18 Å². The van der Waals surface area contributed by atoms with E-state index in [1.807, 2.05) is 13.8 Å². The van der Waals surface area contributed by atoms with E-state index in [1.54, 1.807) is 12.1 Å². The lowest BCUT2D eigenvalue weighted by Gasteiger charge is -2.34. The second-order valence-electron chi connectivity index (χ2n) is 5.49. The number of carbonyl (C=O) groups excluding carboxylic acids is 1. The van der Waals surface area contributed by atoms with E-state index in [0.717, 1.165) is 18.4 Å². The molecular weight excluding hydrogens is 243 g/mol. The molecule has 2 N–H and O–H groups in total. The Kier molecular flexibility index (Phi) is 4.40. The Labute approximate surface area is 113 Å². The third-order valence-corrected chi connectivity index (χ3v) is 3.56. The van der Waals surface area contributed by atoms with Crippen LogP contribution in [0.5, 0.6) is 0 Å². The first-order valence-electron chi connectivity index (χ1n) is 6.89. The van der Waals surface area contributed by atoms with E-state index < -0.39 is 0 Å². The summed E-state index contributed by atoms with van der Waals surface area (Å²) in [5.74, 6) is 0.214. The molecule has 0 aliphatic heterocycles. The summed E-state index contributed by atoms with van der Waals surface area (Å²) in [5, 5.41) is 5.85. The summed E-state index contributed by atoms with van der Waals surface area (Å²) in [4.78, 5) is 11.9. The van der Waals surface area contributed by atoms with Crippen LogP contribution in [0.3, 0.4) is 0 Å². The van der Waals surface area contributed by atoms with Crippen LogP contribution < -0.4 is 10.6 Å². The number of benzene rings is 1. The highest BCUT2D eigenvalue weighted by Gasteiger charge is 2.29. The molecule has 0 bridgehead atoms. The lowest BCUT2D eigenvalue weighted by molar-refractivity contribution is 0.206. The number of urea groups is 1. The zero-order chi connectivity index (χ0) is 13.8. The van der Waals surface area contributed by atoms with Crippen LogP contribution >= 0.6 is 0 Å². The molecule has 0 saturated heterocycles. The number of amides is 2. The maximum absolute atomic E-state index is 13.0. The zero-order valence-electron chi connectivity index (χ0n) is 11.4. The van der Waals surface area contributed by atoms with E-state index in [2.05, 4.69) is 10.6 Å². The molecule has 1 atom stereocenters. The van der Waals surface area contributed by atoms with Crippen molar-refractivity contribution in [3.8, 4) is 0 Å². The molecule has 104 valence electrons. The van der Waals surface area contributed by atoms with E-state index in [0.29, 0.717) is 5.92 Å². The Morgan fingerprint density at radius 2 is 1.84 bits per heavy atom. The third-order valence-electron chi connectivity index (χ3n) is 3.56. The minimum Gasteiger partial charge on any atom is -0.336 e. The second kappa shape index (κ2) is 6.04. The van der Waals surface area contributed by atoms with Gasteiger partial charge in [0.05, 0.1) is 6.04 Å². The van der Waals surface area contributed by atoms with Gasteiger partial charge in [-0.05, 0) is 50.3 Å². The van der Waals surface area contributed by atoms with Gasteiger partial charge in [-0.2, -0.15) is 0 Å². The van der Waals surface area contributed by atoms with Crippen LogP contribution in [0.2, 0.25) is 0 Å². The van der Waals surface area contributed by atoms with Crippen molar-refractivity contribution in [2.45, 2.75) is 45.2 Å². The molecule has 1 fully saturated rings. The number of nitrogens with one attached hydrogen (secondary N) is 2. The van der Waals surface area contributed by atoms with Crippen molar-refractivity contribution in [3.63, 3.8) is 0 Å². The summed E-state index contributed by atoms with van der Waals surface area (Å²) in [6.07, 6.45) is 3.43. The minimum absolute atomic E-state index is 0.0203. The van der Waals surface area contributed by atoms with Crippen molar-refractivity contribution in [1.82, 2.24) is 10.6 Å². The molecule has 1 aromatic rings. The molecule has 0 spiro atoms. The second-order valence-corrected chi connectivity index (χ2v) is 5.49. The number of hydrogen-bond donors (Lipinski definition) is 2. The zero-order valence-corrected chi connectivity index (χ0v) is 11.4. The summed E-state index contributed by atoms with van der Waals surface area (Å²) in [6, 6.07) is 6.34. The topological polar surface area (TPSA) is 41.1 Å². The van der Waals surface area contributed by atoms with Crippen molar-refractivity contribution >= 4 is 6.03 Å². The first-order chi connectivity index (χ1) is 9.06. The lowest BCUT2D eigenvalue weighted by atomic mass is 9.77. The maximum atomic E-state index is 13.0. The number of carbonyl (C=O) groups is 1. The molecule has 2 amide bonds. The van der Waals surface area contributed by atoms with E-state index in [-0.39, 0.29) is 23.9 Å². The molecule has 3 nitrogen and oxygen atoms in total. The largest absolute Gasteiger partial charge is 0.336 e. The fraction of sp³-hybridized carbons (Fsp3) is 0.533. The highest BCUT2D eigenvalue weighted by molar-refractivity contribution is 5.74. The Balaban J connectivity index is 2.07. The number of halogens is 1. The van der Waals surface area contributed by atoms with Crippen LogP contribution in [0.1, 0.15) is 44.7 Å². The Bertz CT molecular complexity index is 426. The maximum Gasteiger partial charge on any atom is 0.315 e. The van der Waals surface area contributed by atoms with Crippen molar-refractivity contribution in [2.75, 3.05) is 0 Å². The number of rotatable bonds is 4. The quantitative estimate of drug-likeness (QED) is 0.860. The van der Waals surface area contributed by atoms with Gasteiger partial charge in [0.1, 0.15) is 5.82 Å². The SMILES string of the molecule is CC(C)NC(=O)NC(c1ccc(F)cc1)C1CCC1. The predicted molar refractivity (Wildman–Crippen MR) is 73.3 cm³/mol. The lowest BCUT2D eigenvalue weighted by Crippen LogP contribution is -2.44. The summed E-state index contributed by atoms with van der Waals surface area (Å²) in [5.41, 5.74) is 0.977. The van der Waals surface area contributed by atoms with E-state index in [4.69, 9.17) is 0 Å². The normalized spacial score (nSPS) is 16.8. The summed E-state index contributed by atoms with van der Waals surface area (Å²) >= 11 is 0. The summed E-state index contributed by atoms with van der Waals surface area (Å²) in [6.45, 7) is 3.85. The summed E-state index contributed by atoms with van der Waals surface area (Å²) < 4.78 is 13.0. The van der Waals surface area contributed by atoms with Gasteiger partial charge in [-0.3, -0.25) is 0 Å². The van der Waals surface area contributed by atoms with Crippen molar-refractivity contribution in [2.24, 2.45) is 5.92 Å². The van der Waals surface area contributed by atoms with Crippen LogP contribution in [0, 0.1) is 11.7 Å². The van der Waals surface area contributed by atoms with Crippen molar-refractivity contribution < 1.29 is 9.18 Å². The average molecular weight is 264 g/mol. The van der Waals surface area contributed by atoms with E-state index in [9.17, 15) is 9.18 Å². The van der Waals surface area contributed by atoms with Gasteiger partial charge in [0, 0.05) is 6.04 Å². The third kappa shape index (κ3) is 3.69. The molecule has 1 aliphatic carbocycles.